The molecule has 5 nitrogen and oxygen atoms in total. The fourth-order valence-electron chi connectivity index (χ4n) is 1.96. The molecule has 0 unspecified atom stereocenters. The van der Waals surface area contributed by atoms with E-state index in [0.717, 1.165) is 11.3 Å². The summed E-state index contributed by atoms with van der Waals surface area (Å²) < 4.78 is 27.8. The molecule has 6 heteroatoms. The first-order valence-corrected chi connectivity index (χ1v) is 7.87. The second-order valence-electron chi connectivity index (χ2n) is 4.70. The van der Waals surface area contributed by atoms with Crippen LogP contribution in [0.15, 0.2) is 30.6 Å². The summed E-state index contributed by atoms with van der Waals surface area (Å²) in [6.07, 6.45) is 3.63. The predicted octanol–water partition coefficient (Wildman–Crippen LogP) is 1.89. The molecule has 0 spiro atoms. The fourth-order valence-corrected chi connectivity index (χ4v) is 3.23. The van der Waals surface area contributed by atoms with Crippen LogP contribution in [-0.4, -0.2) is 33.9 Å². The minimum absolute atomic E-state index is 0.349. The highest BCUT2D eigenvalue weighted by molar-refractivity contribution is 7.89. The lowest BCUT2D eigenvalue weighted by molar-refractivity contribution is 0.413. The molecule has 2 heterocycles. The lowest BCUT2D eigenvalue weighted by atomic mass is 10.4. The third-order valence-corrected chi connectivity index (χ3v) is 5.44. The highest BCUT2D eigenvalue weighted by atomic mass is 32.2. The zero-order chi connectivity index (χ0) is 14.0. The Morgan fingerprint density at radius 1 is 1.37 bits per heavy atom. The zero-order valence-corrected chi connectivity index (χ0v) is 12.3. The van der Waals surface area contributed by atoms with Gasteiger partial charge in [-0.1, -0.05) is 13.0 Å². The molecule has 0 aliphatic heterocycles. The summed E-state index contributed by atoms with van der Waals surface area (Å²) in [6.45, 7) is 6.06. The Kier molecular flexibility index (Phi) is 3.91. The molecule has 0 N–H and O–H groups in total. The van der Waals surface area contributed by atoms with Gasteiger partial charge in [-0.25, -0.2) is 13.4 Å². The van der Waals surface area contributed by atoms with Crippen LogP contribution in [0.1, 0.15) is 26.5 Å². The van der Waals surface area contributed by atoms with E-state index in [-0.39, 0.29) is 0 Å². The Balaban J connectivity index is 2.34. The van der Waals surface area contributed by atoms with Crippen LogP contribution in [0.25, 0.3) is 5.65 Å². The minimum atomic E-state index is -3.24. The molecule has 0 amide bonds. The summed E-state index contributed by atoms with van der Waals surface area (Å²) >= 11 is 0. The van der Waals surface area contributed by atoms with Crippen molar-refractivity contribution in [1.29, 1.82) is 0 Å². The minimum Gasteiger partial charge on any atom is -0.303 e. The Morgan fingerprint density at radius 3 is 2.74 bits per heavy atom. The van der Waals surface area contributed by atoms with E-state index in [4.69, 9.17) is 0 Å². The second kappa shape index (κ2) is 5.30. The number of aromatic nitrogens is 2. The highest BCUT2D eigenvalue weighted by Gasteiger charge is 2.25. The average Bonchev–Trinajstić information content (AvgIpc) is 2.78. The van der Waals surface area contributed by atoms with Gasteiger partial charge >= 0.3 is 0 Å². The Hall–Kier alpha value is -1.40. The maximum absolute atomic E-state index is 12.2. The van der Waals surface area contributed by atoms with Crippen molar-refractivity contribution in [2.45, 2.75) is 32.6 Å². The maximum Gasteiger partial charge on any atom is 0.216 e. The standard InChI is InChI=1S/C13H19N3O2S/c1-4-15(19(17,18)11(2)3)10-12-9-14-13-7-5-6-8-16(12)13/h5-9,11H,4,10H2,1-3H3. The largest absolute Gasteiger partial charge is 0.303 e. The van der Waals surface area contributed by atoms with Crippen LogP contribution in [0.2, 0.25) is 0 Å². The lowest BCUT2D eigenvalue weighted by Gasteiger charge is -2.22. The first kappa shape index (κ1) is 14.0. The van der Waals surface area contributed by atoms with E-state index in [1.54, 1.807) is 20.0 Å². The quantitative estimate of drug-likeness (QED) is 0.841. The number of imidazole rings is 1. The SMILES string of the molecule is CCN(Cc1cnc2ccccn12)S(=O)(=O)C(C)C. The van der Waals surface area contributed by atoms with Crippen LogP contribution >= 0.6 is 0 Å². The molecule has 0 radical (unpaired) electrons. The van der Waals surface area contributed by atoms with E-state index in [1.807, 2.05) is 35.7 Å². The van der Waals surface area contributed by atoms with Gasteiger partial charge in [0.25, 0.3) is 0 Å². The topological polar surface area (TPSA) is 54.7 Å². The van der Waals surface area contributed by atoms with Crippen molar-refractivity contribution in [3.05, 3.63) is 36.3 Å². The van der Waals surface area contributed by atoms with Crippen molar-refractivity contribution in [1.82, 2.24) is 13.7 Å². The molecule has 0 aliphatic carbocycles. The number of hydrogen-bond donors (Lipinski definition) is 0. The third-order valence-electron chi connectivity index (χ3n) is 3.14. The van der Waals surface area contributed by atoms with Gasteiger partial charge in [-0.05, 0) is 26.0 Å². The average molecular weight is 281 g/mol. The Morgan fingerprint density at radius 2 is 2.11 bits per heavy atom. The van der Waals surface area contributed by atoms with Crippen LogP contribution in [0.5, 0.6) is 0 Å². The fraction of sp³-hybridized carbons (Fsp3) is 0.462. The van der Waals surface area contributed by atoms with Gasteiger partial charge in [0, 0.05) is 12.7 Å². The van der Waals surface area contributed by atoms with Gasteiger partial charge in [0.2, 0.25) is 10.0 Å². The first-order chi connectivity index (χ1) is 8.96. The summed E-state index contributed by atoms with van der Waals surface area (Å²) in [5.41, 5.74) is 1.71. The van der Waals surface area contributed by atoms with E-state index in [9.17, 15) is 8.42 Å². The Labute approximate surface area is 113 Å². The summed E-state index contributed by atoms with van der Waals surface area (Å²) in [4.78, 5) is 4.27. The van der Waals surface area contributed by atoms with Gasteiger partial charge in [0.15, 0.2) is 0 Å². The van der Waals surface area contributed by atoms with E-state index < -0.39 is 15.3 Å². The van der Waals surface area contributed by atoms with Gasteiger partial charge in [-0.2, -0.15) is 4.31 Å². The molecule has 0 bridgehead atoms. The lowest BCUT2D eigenvalue weighted by Crippen LogP contribution is -2.36. The number of sulfonamides is 1. The van der Waals surface area contributed by atoms with Crippen LogP contribution in [0, 0.1) is 0 Å². The molecule has 0 saturated heterocycles. The smallest absolute Gasteiger partial charge is 0.216 e. The van der Waals surface area contributed by atoms with E-state index in [2.05, 4.69) is 4.98 Å². The van der Waals surface area contributed by atoms with E-state index in [0.29, 0.717) is 13.1 Å². The van der Waals surface area contributed by atoms with Crippen molar-refractivity contribution >= 4 is 15.7 Å². The molecule has 0 atom stereocenters. The number of nitrogens with zero attached hydrogens (tertiary/aromatic N) is 3. The summed E-state index contributed by atoms with van der Waals surface area (Å²) in [5, 5.41) is -0.411. The van der Waals surface area contributed by atoms with Crippen molar-refractivity contribution in [3.8, 4) is 0 Å². The Bertz CT molecular complexity index is 661. The molecular formula is C13H19N3O2S. The highest BCUT2D eigenvalue weighted by Crippen LogP contribution is 2.14. The number of rotatable bonds is 5. The molecule has 2 aromatic heterocycles. The molecule has 19 heavy (non-hydrogen) atoms. The molecule has 2 aromatic rings. The van der Waals surface area contributed by atoms with E-state index >= 15 is 0 Å². The van der Waals surface area contributed by atoms with Crippen molar-refractivity contribution in [2.75, 3.05) is 6.54 Å². The summed E-state index contributed by atoms with van der Waals surface area (Å²) in [6, 6.07) is 5.72. The first-order valence-electron chi connectivity index (χ1n) is 6.36. The molecule has 104 valence electrons. The third kappa shape index (κ3) is 2.64. The van der Waals surface area contributed by atoms with Crippen LogP contribution in [-0.2, 0) is 16.6 Å². The summed E-state index contributed by atoms with van der Waals surface area (Å²) in [5.74, 6) is 0. The molecule has 0 fully saturated rings. The van der Waals surface area contributed by atoms with Crippen molar-refractivity contribution in [2.24, 2.45) is 0 Å². The zero-order valence-electron chi connectivity index (χ0n) is 11.4. The molecular weight excluding hydrogens is 262 g/mol. The van der Waals surface area contributed by atoms with E-state index in [1.165, 1.54) is 4.31 Å². The van der Waals surface area contributed by atoms with Gasteiger partial charge in [0.05, 0.1) is 23.7 Å². The monoisotopic (exact) mass is 281 g/mol. The van der Waals surface area contributed by atoms with Gasteiger partial charge in [-0.15, -0.1) is 0 Å². The molecule has 0 aromatic carbocycles. The second-order valence-corrected chi connectivity index (χ2v) is 7.19. The molecule has 0 saturated carbocycles. The number of fused-ring (bicyclic) bond motifs is 1. The number of pyridine rings is 1. The van der Waals surface area contributed by atoms with Crippen LogP contribution in [0.3, 0.4) is 0 Å². The predicted molar refractivity (Wildman–Crippen MR) is 75.3 cm³/mol. The molecule has 0 aliphatic rings. The van der Waals surface area contributed by atoms with Crippen LogP contribution in [0.4, 0.5) is 0 Å². The van der Waals surface area contributed by atoms with Gasteiger partial charge < -0.3 is 4.40 Å². The van der Waals surface area contributed by atoms with Crippen molar-refractivity contribution < 1.29 is 8.42 Å². The maximum atomic E-state index is 12.2. The van der Waals surface area contributed by atoms with Crippen LogP contribution < -0.4 is 0 Å². The molecule has 2 rings (SSSR count). The van der Waals surface area contributed by atoms with Gasteiger partial charge in [-0.3, -0.25) is 0 Å². The number of hydrogen-bond acceptors (Lipinski definition) is 3. The summed E-state index contributed by atoms with van der Waals surface area (Å²) in [7, 11) is -3.24. The van der Waals surface area contributed by atoms with Gasteiger partial charge in [0.1, 0.15) is 5.65 Å². The van der Waals surface area contributed by atoms with Crippen molar-refractivity contribution in [3.63, 3.8) is 0 Å². The normalized spacial score (nSPS) is 12.7.